The predicted molar refractivity (Wildman–Crippen MR) is 139 cm³/mol. The molecule has 1 aliphatic heterocycles. The van der Waals surface area contributed by atoms with Gasteiger partial charge in [0.1, 0.15) is 11.4 Å². The minimum atomic E-state index is -0.761. The Morgan fingerprint density at radius 3 is 2.66 bits per heavy atom. The first-order valence-electron chi connectivity index (χ1n) is 12.8. The number of hydrogen-bond acceptors (Lipinski definition) is 9. The first-order valence-corrected chi connectivity index (χ1v) is 13.2. The Labute approximate surface area is 224 Å². The van der Waals surface area contributed by atoms with Crippen LogP contribution in [0.1, 0.15) is 81.2 Å². The molecule has 2 aliphatic rings. The van der Waals surface area contributed by atoms with Gasteiger partial charge in [-0.1, -0.05) is 16.8 Å². The van der Waals surface area contributed by atoms with E-state index in [0.29, 0.717) is 29.0 Å². The van der Waals surface area contributed by atoms with E-state index in [9.17, 15) is 4.79 Å². The van der Waals surface area contributed by atoms with Crippen LogP contribution in [0.15, 0.2) is 41.1 Å². The molecule has 0 radical (unpaired) electrons. The third-order valence-corrected chi connectivity index (χ3v) is 7.29. The molecule has 1 aromatic carbocycles. The van der Waals surface area contributed by atoms with Crippen LogP contribution >= 0.6 is 11.6 Å². The lowest BCUT2D eigenvalue weighted by Gasteiger charge is -2.27. The lowest BCUT2D eigenvalue weighted by Crippen LogP contribution is -2.31. The molecule has 0 amide bonds. The molecule has 6 rings (SSSR count). The second-order valence-electron chi connectivity index (χ2n) is 10.9. The van der Waals surface area contributed by atoms with Crippen LogP contribution in [0.3, 0.4) is 0 Å². The van der Waals surface area contributed by atoms with Gasteiger partial charge in [-0.25, -0.2) is 9.78 Å². The van der Waals surface area contributed by atoms with E-state index >= 15 is 0 Å². The normalized spacial score (nSPS) is 20.0. The number of benzene rings is 1. The molecule has 3 aromatic heterocycles. The summed E-state index contributed by atoms with van der Waals surface area (Å²) in [6, 6.07) is 9.66. The second kappa shape index (κ2) is 9.67. The number of hydrogen-bond donors (Lipinski definition) is 0. The Morgan fingerprint density at radius 1 is 1.08 bits per heavy atom. The highest BCUT2D eigenvalue weighted by molar-refractivity contribution is 6.30. The number of fused-ring (bicyclic) bond motifs is 4. The van der Waals surface area contributed by atoms with E-state index in [4.69, 9.17) is 25.7 Å². The summed E-state index contributed by atoms with van der Waals surface area (Å²) in [6.45, 7) is 6.01. The Hall–Kier alpha value is -3.50. The number of aromatic nitrogens is 5. The second-order valence-corrected chi connectivity index (χ2v) is 11.3. The van der Waals surface area contributed by atoms with Gasteiger partial charge in [-0.15, -0.1) is 15.3 Å². The third kappa shape index (κ3) is 4.86. The first-order chi connectivity index (χ1) is 18.2. The third-order valence-electron chi connectivity index (χ3n) is 7.05. The minimum absolute atomic E-state index is 0.227. The van der Waals surface area contributed by atoms with Crippen LogP contribution in [0.2, 0.25) is 5.02 Å². The lowest BCUT2D eigenvalue weighted by molar-refractivity contribution is -0.155. The molecule has 0 spiro atoms. The van der Waals surface area contributed by atoms with E-state index in [2.05, 4.69) is 24.9 Å². The molecule has 0 unspecified atom stereocenters. The Kier molecular flexibility index (Phi) is 6.31. The number of nitrogens with zero attached hydrogens (tertiary/aromatic N) is 6. The van der Waals surface area contributed by atoms with Crippen molar-refractivity contribution < 1.29 is 18.9 Å². The van der Waals surface area contributed by atoms with Crippen molar-refractivity contribution >= 4 is 28.9 Å². The predicted octanol–water partition coefficient (Wildman–Crippen LogP) is 6.08. The number of pyridine rings is 1. The maximum atomic E-state index is 12.4. The summed E-state index contributed by atoms with van der Waals surface area (Å²) in [5, 5.41) is 16.6. The molecule has 1 saturated carbocycles. The average molecular weight is 537 g/mol. The molecule has 10 nitrogen and oxygen atoms in total. The number of rotatable bonds is 3. The molecular weight excluding hydrogens is 508 g/mol. The van der Waals surface area contributed by atoms with Gasteiger partial charge in [-0.05, 0) is 82.3 Å². The largest absolute Gasteiger partial charge is 0.528 e. The standard InChI is InChI=1S/C27H29ClN6O4/c1-27(2,3)36-26(35)38-33-14-18-13-19(28)10-11-21(18)34-22(15-33)30-31-24(34)17-8-6-16(7-9-17)23-20-5-4-12-29-25(20)37-32-23/h4-5,10-13,16-17H,6-9,14-15H2,1-3H3/t16-,17-. The number of halogens is 1. The van der Waals surface area contributed by atoms with Gasteiger partial charge in [0, 0.05) is 23.1 Å². The van der Waals surface area contributed by atoms with Crippen LogP contribution in [0, 0.1) is 0 Å². The highest BCUT2D eigenvalue weighted by atomic mass is 35.5. The van der Waals surface area contributed by atoms with Crippen LogP contribution in [0.5, 0.6) is 0 Å². The van der Waals surface area contributed by atoms with Crippen molar-refractivity contribution in [3.05, 3.63) is 64.5 Å². The molecule has 1 fully saturated rings. The van der Waals surface area contributed by atoms with Crippen LogP contribution in [0.25, 0.3) is 16.8 Å². The highest BCUT2D eigenvalue weighted by Gasteiger charge is 2.33. The summed E-state index contributed by atoms with van der Waals surface area (Å²) < 4.78 is 12.9. The fourth-order valence-electron chi connectivity index (χ4n) is 5.42. The van der Waals surface area contributed by atoms with Gasteiger partial charge in [-0.2, -0.15) is 0 Å². The molecule has 0 saturated heterocycles. The highest BCUT2D eigenvalue weighted by Crippen LogP contribution is 2.42. The van der Waals surface area contributed by atoms with Gasteiger partial charge in [0.25, 0.3) is 5.71 Å². The number of ether oxygens (including phenoxy) is 1. The number of carbonyl (C=O) groups excluding carboxylic acids is 1. The Balaban J connectivity index is 1.26. The number of hydroxylamine groups is 2. The van der Waals surface area contributed by atoms with E-state index in [1.807, 2.05) is 30.3 Å². The summed E-state index contributed by atoms with van der Waals surface area (Å²) >= 11 is 6.36. The molecule has 38 heavy (non-hydrogen) atoms. The minimum Gasteiger partial charge on any atom is -0.427 e. The Bertz CT molecular complexity index is 1480. The first kappa shape index (κ1) is 24.8. The van der Waals surface area contributed by atoms with Crippen LogP contribution in [0.4, 0.5) is 4.79 Å². The number of carbonyl (C=O) groups is 1. The Morgan fingerprint density at radius 2 is 1.87 bits per heavy atom. The van der Waals surface area contributed by atoms with Gasteiger partial charge < -0.3 is 14.1 Å². The topological polar surface area (TPSA) is 108 Å². The van der Waals surface area contributed by atoms with Gasteiger partial charge in [-0.3, -0.25) is 4.57 Å². The van der Waals surface area contributed by atoms with Crippen LogP contribution in [-0.4, -0.2) is 41.7 Å². The van der Waals surface area contributed by atoms with Crippen molar-refractivity contribution in [2.75, 3.05) is 0 Å². The van der Waals surface area contributed by atoms with E-state index < -0.39 is 11.8 Å². The van der Waals surface area contributed by atoms with Crippen molar-refractivity contribution in [1.29, 1.82) is 0 Å². The molecule has 0 atom stereocenters. The van der Waals surface area contributed by atoms with Gasteiger partial charge in [0.2, 0.25) is 0 Å². The lowest BCUT2D eigenvalue weighted by atomic mass is 9.79. The average Bonchev–Trinajstić information content (AvgIpc) is 3.44. The van der Waals surface area contributed by atoms with Gasteiger partial charge in [0.05, 0.1) is 29.9 Å². The quantitative estimate of drug-likeness (QED) is 0.288. The SMILES string of the molecule is CC(C)(C)OC(=O)ON1Cc2cc(Cl)ccc2-n2c(nnc2[C@H]2CC[C@H](c3noc4ncccc43)CC2)C1. The van der Waals surface area contributed by atoms with Crippen LogP contribution in [-0.2, 0) is 22.7 Å². The van der Waals surface area contributed by atoms with Crippen molar-refractivity contribution in [2.45, 2.75) is 77.0 Å². The van der Waals surface area contributed by atoms with Crippen molar-refractivity contribution in [1.82, 2.24) is 30.0 Å². The molecule has 0 N–H and O–H groups in total. The molecule has 198 valence electrons. The molecule has 1 aliphatic carbocycles. The van der Waals surface area contributed by atoms with Gasteiger partial charge >= 0.3 is 6.16 Å². The zero-order valence-corrected chi connectivity index (χ0v) is 22.3. The summed E-state index contributed by atoms with van der Waals surface area (Å²) in [7, 11) is 0. The van der Waals surface area contributed by atoms with E-state index in [0.717, 1.165) is 53.8 Å². The van der Waals surface area contributed by atoms with Crippen molar-refractivity contribution in [3.8, 4) is 5.69 Å². The van der Waals surface area contributed by atoms with Gasteiger partial charge in [0.15, 0.2) is 5.82 Å². The molecule has 0 bridgehead atoms. The maximum Gasteiger partial charge on any atom is 0.528 e. The monoisotopic (exact) mass is 536 g/mol. The van der Waals surface area contributed by atoms with E-state index in [-0.39, 0.29) is 12.5 Å². The van der Waals surface area contributed by atoms with Crippen molar-refractivity contribution in [3.63, 3.8) is 0 Å². The molecule has 11 heteroatoms. The van der Waals surface area contributed by atoms with E-state index in [1.54, 1.807) is 32.0 Å². The summed E-state index contributed by atoms with van der Waals surface area (Å²) in [4.78, 5) is 22.3. The maximum absolute atomic E-state index is 12.4. The molecule has 4 heterocycles. The van der Waals surface area contributed by atoms with Crippen LogP contribution < -0.4 is 0 Å². The smallest absolute Gasteiger partial charge is 0.427 e. The summed E-state index contributed by atoms with van der Waals surface area (Å²) in [5.74, 6) is 2.14. The summed E-state index contributed by atoms with van der Waals surface area (Å²) in [5.41, 5.74) is 2.76. The zero-order chi connectivity index (χ0) is 26.4. The van der Waals surface area contributed by atoms with Crippen molar-refractivity contribution in [2.24, 2.45) is 0 Å². The zero-order valence-electron chi connectivity index (χ0n) is 21.6. The fraction of sp³-hybridized carbons (Fsp3) is 0.444. The fourth-order valence-corrected chi connectivity index (χ4v) is 5.61. The molecular formula is C27H29ClN6O4. The van der Waals surface area contributed by atoms with E-state index in [1.165, 1.54) is 0 Å². The summed E-state index contributed by atoms with van der Waals surface area (Å²) in [6.07, 6.45) is 4.77. The molecule has 4 aromatic rings.